The van der Waals surface area contributed by atoms with E-state index >= 15 is 0 Å². The largest absolute Gasteiger partial charge is 0.372 e. The lowest BCUT2D eigenvalue weighted by atomic mass is 10.1. The lowest BCUT2D eigenvalue weighted by Crippen LogP contribution is -2.16. The van der Waals surface area contributed by atoms with Gasteiger partial charge in [-0.3, -0.25) is 0 Å². The quantitative estimate of drug-likeness (QED) is 0.469. The molecule has 3 nitrogen and oxygen atoms in total. The van der Waals surface area contributed by atoms with Crippen LogP contribution in [0, 0.1) is 0 Å². The molecule has 0 aliphatic heterocycles. The fraction of sp³-hybridized carbons (Fsp3) is 0. The van der Waals surface area contributed by atoms with Gasteiger partial charge in [-0.05, 0) is 35.4 Å². The Kier molecular flexibility index (Phi) is 2.79. The summed E-state index contributed by atoms with van der Waals surface area (Å²) < 4.78 is 4.37. The number of para-hydroxylation sites is 2. The SMILES string of the molecule is c1ccc(-c2cccc(-n3cc[n+]4c5ccccc5[nH]c34)c2)cc1. The van der Waals surface area contributed by atoms with Gasteiger partial charge in [-0.2, -0.15) is 4.40 Å². The summed E-state index contributed by atoms with van der Waals surface area (Å²) in [4.78, 5) is 3.51. The molecule has 0 spiro atoms. The van der Waals surface area contributed by atoms with Gasteiger partial charge in [0.15, 0.2) is 0 Å². The molecule has 0 aliphatic carbocycles. The molecule has 114 valence electrons. The van der Waals surface area contributed by atoms with Gasteiger partial charge < -0.3 is 0 Å². The van der Waals surface area contributed by atoms with E-state index in [1.54, 1.807) is 0 Å². The summed E-state index contributed by atoms with van der Waals surface area (Å²) in [5.74, 6) is 1.06. The number of aromatic amines is 1. The van der Waals surface area contributed by atoms with Crippen LogP contribution in [-0.4, -0.2) is 9.55 Å². The number of hydrogen-bond donors (Lipinski definition) is 1. The molecule has 2 heterocycles. The second kappa shape index (κ2) is 5.10. The third-order valence-corrected chi connectivity index (χ3v) is 4.46. The molecule has 5 aromatic rings. The summed E-state index contributed by atoms with van der Waals surface area (Å²) in [6.07, 6.45) is 4.20. The number of benzene rings is 3. The number of aromatic nitrogens is 3. The van der Waals surface area contributed by atoms with Gasteiger partial charge in [0, 0.05) is 0 Å². The molecule has 0 aliphatic rings. The molecule has 5 rings (SSSR count). The molecule has 0 fully saturated rings. The van der Waals surface area contributed by atoms with E-state index < -0.39 is 0 Å². The van der Waals surface area contributed by atoms with Crippen molar-refractivity contribution in [2.24, 2.45) is 0 Å². The lowest BCUT2D eigenvalue weighted by Gasteiger charge is -2.03. The van der Waals surface area contributed by atoms with Gasteiger partial charge in [-0.15, -0.1) is 0 Å². The van der Waals surface area contributed by atoms with E-state index in [-0.39, 0.29) is 0 Å². The zero-order chi connectivity index (χ0) is 15.9. The van der Waals surface area contributed by atoms with Crippen LogP contribution < -0.4 is 4.40 Å². The lowest BCUT2D eigenvalue weighted by molar-refractivity contribution is -0.479. The normalized spacial score (nSPS) is 11.3. The Morgan fingerprint density at radius 3 is 2.46 bits per heavy atom. The Hall–Kier alpha value is -3.33. The van der Waals surface area contributed by atoms with Crippen LogP contribution in [0.3, 0.4) is 0 Å². The first-order valence-corrected chi connectivity index (χ1v) is 8.05. The highest BCUT2D eigenvalue weighted by Gasteiger charge is 2.16. The minimum atomic E-state index is 1.06. The van der Waals surface area contributed by atoms with Crippen LogP contribution in [-0.2, 0) is 0 Å². The highest BCUT2D eigenvalue weighted by atomic mass is 15.2. The Bertz CT molecular complexity index is 1150. The van der Waals surface area contributed by atoms with Crippen molar-refractivity contribution in [1.29, 1.82) is 0 Å². The van der Waals surface area contributed by atoms with Crippen LogP contribution in [0.15, 0.2) is 91.3 Å². The molecule has 2 aromatic heterocycles. The minimum absolute atomic E-state index is 1.06. The monoisotopic (exact) mass is 310 g/mol. The Morgan fingerprint density at radius 1 is 0.750 bits per heavy atom. The van der Waals surface area contributed by atoms with Crippen molar-refractivity contribution in [3.8, 4) is 16.8 Å². The number of H-pyrrole nitrogens is 1. The number of nitrogens with zero attached hydrogens (tertiary/aromatic N) is 2. The van der Waals surface area contributed by atoms with Crippen LogP contribution in [0.5, 0.6) is 0 Å². The number of nitrogens with one attached hydrogen (secondary N) is 1. The maximum atomic E-state index is 3.51. The molecule has 0 radical (unpaired) electrons. The third kappa shape index (κ3) is 1.95. The zero-order valence-corrected chi connectivity index (χ0v) is 13.1. The van der Waals surface area contributed by atoms with Crippen molar-refractivity contribution in [3.63, 3.8) is 0 Å². The van der Waals surface area contributed by atoms with E-state index in [9.17, 15) is 0 Å². The van der Waals surface area contributed by atoms with Crippen molar-refractivity contribution in [2.75, 3.05) is 0 Å². The Balaban J connectivity index is 1.70. The van der Waals surface area contributed by atoms with Gasteiger partial charge in [0.1, 0.15) is 29.1 Å². The number of imidazole rings is 2. The first-order chi connectivity index (χ1) is 11.9. The van der Waals surface area contributed by atoms with Crippen molar-refractivity contribution in [3.05, 3.63) is 91.3 Å². The highest BCUT2D eigenvalue weighted by Crippen LogP contribution is 2.23. The van der Waals surface area contributed by atoms with E-state index in [0.29, 0.717) is 0 Å². The summed E-state index contributed by atoms with van der Waals surface area (Å²) in [6.45, 7) is 0. The van der Waals surface area contributed by atoms with Crippen molar-refractivity contribution >= 4 is 16.8 Å². The van der Waals surface area contributed by atoms with Crippen molar-refractivity contribution in [1.82, 2.24) is 9.55 Å². The molecule has 0 amide bonds. The van der Waals surface area contributed by atoms with E-state index in [0.717, 1.165) is 17.0 Å². The second-order valence-electron chi connectivity index (χ2n) is 5.92. The topological polar surface area (TPSA) is 24.8 Å². The summed E-state index contributed by atoms with van der Waals surface area (Å²) in [7, 11) is 0. The number of rotatable bonds is 2. The average Bonchev–Trinajstić information content (AvgIpc) is 3.22. The van der Waals surface area contributed by atoms with Gasteiger partial charge >= 0.3 is 5.78 Å². The third-order valence-electron chi connectivity index (χ3n) is 4.46. The van der Waals surface area contributed by atoms with Crippen LogP contribution in [0.25, 0.3) is 33.6 Å². The molecule has 24 heavy (non-hydrogen) atoms. The second-order valence-corrected chi connectivity index (χ2v) is 5.92. The first-order valence-electron chi connectivity index (χ1n) is 8.05. The molecule has 0 unspecified atom stereocenters. The maximum absolute atomic E-state index is 3.51. The van der Waals surface area contributed by atoms with Crippen molar-refractivity contribution < 1.29 is 4.40 Å². The highest BCUT2D eigenvalue weighted by molar-refractivity contribution is 5.74. The maximum Gasteiger partial charge on any atom is 0.372 e. The van der Waals surface area contributed by atoms with Crippen LogP contribution in [0.4, 0.5) is 0 Å². The molecular formula is C21H16N3+. The first kappa shape index (κ1) is 13.1. The molecule has 0 atom stereocenters. The van der Waals surface area contributed by atoms with Gasteiger partial charge in [-0.25, -0.2) is 9.55 Å². The molecule has 3 heteroatoms. The predicted molar refractivity (Wildman–Crippen MR) is 96.2 cm³/mol. The van der Waals surface area contributed by atoms with Crippen LogP contribution in [0.1, 0.15) is 0 Å². The van der Waals surface area contributed by atoms with Gasteiger partial charge in [0.25, 0.3) is 0 Å². The van der Waals surface area contributed by atoms with Crippen LogP contribution in [0.2, 0.25) is 0 Å². The van der Waals surface area contributed by atoms with E-state index in [1.165, 1.54) is 16.6 Å². The molecule has 0 saturated carbocycles. The van der Waals surface area contributed by atoms with Gasteiger partial charge in [0.2, 0.25) is 0 Å². The van der Waals surface area contributed by atoms with Crippen molar-refractivity contribution in [2.45, 2.75) is 0 Å². The molecule has 1 N–H and O–H groups in total. The van der Waals surface area contributed by atoms with Crippen LogP contribution >= 0.6 is 0 Å². The summed E-state index contributed by atoms with van der Waals surface area (Å²) in [5, 5.41) is 0. The Morgan fingerprint density at radius 2 is 1.54 bits per heavy atom. The summed E-state index contributed by atoms with van der Waals surface area (Å²) in [6, 6.07) is 27.4. The Labute approximate surface area is 139 Å². The zero-order valence-electron chi connectivity index (χ0n) is 13.1. The standard InChI is InChI=1S/C21H15N3/c1-2-7-16(8-3-1)17-9-6-10-18(15-17)23-13-14-24-20-12-5-4-11-19(20)22-21(23)24/h1-15H/p+1. The van der Waals surface area contributed by atoms with Gasteiger partial charge in [-0.1, -0.05) is 54.6 Å². The van der Waals surface area contributed by atoms with Gasteiger partial charge in [0.05, 0.1) is 0 Å². The predicted octanol–water partition coefficient (Wildman–Crippen LogP) is 4.36. The van der Waals surface area contributed by atoms with E-state index in [4.69, 9.17) is 0 Å². The molecular weight excluding hydrogens is 294 g/mol. The average molecular weight is 310 g/mol. The molecule has 0 saturated heterocycles. The summed E-state index contributed by atoms with van der Waals surface area (Å²) in [5.41, 5.74) is 5.92. The van der Waals surface area contributed by atoms with E-state index in [1.807, 2.05) is 6.07 Å². The molecule has 0 bridgehead atoms. The fourth-order valence-electron chi connectivity index (χ4n) is 3.29. The fourth-order valence-corrected chi connectivity index (χ4v) is 3.29. The number of hydrogen-bond acceptors (Lipinski definition) is 0. The smallest absolute Gasteiger partial charge is 0.240 e. The summed E-state index contributed by atoms with van der Waals surface area (Å²) >= 11 is 0. The minimum Gasteiger partial charge on any atom is -0.240 e. The van der Waals surface area contributed by atoms with E-state index in [2.05, 4.69) is 99.1 Å². The molecule has 3 aromatic carbocycles. The number of fused-ring (bicyclic) bond motifs is 3.